The van der Waals surface area contributed by atoms with Gasteiger partial charge in [0.15, 0.2) is 11.6 Å². The van der Waals surface area contributed by atoms with Crippen molar-refractivity contribution in [1.29, 1.82) is 0 Å². The highest BCUT2D eigenvalue weighted by molar-refractivity contribution is 5.30. The lowest BCUT2D eigenvalue weighted by atomic mass is 10.0. The summed E-state index contributed by atoms with van der Waals surface area (Å²) in [7, 11) is 1.72. The number of hydrogen-bond acceptors (Lipinski definition) is 3. The molecule has 0 bridgehead atoms. The fourth-order valence-electron chi connectivity index (χ4n) is 1.16. The van der Waals surface area contributed by atoms with Crippen LogP contribution in [-0.2, 0) is 0 Å². The molecule has 0 radical (unpaired) electrons. The Morgan fingerprint density at radius 1 is 1.43 bits per heavy atom. The number of benzene rings is 1. The van der Waals surface area contributed by atoms with Gasteiger partial charge in [0.1, 0.15) is 0 Å². The molecule has 0 heterocycles. The van der Waals surface area contributed by atoms with Crippen LogP contribution in [-0.4, -0.2) is 23.3 Å². The van der Waals surface area contributed by atoms with E-state index in [0.29, 0.717) is 5.56 Å². The number of aliphatic hydroxyl groups is 1. The van der Waals surface area contributed by atoms with Gasteiger partial charge >= 0.3 is 0 Å². The Hall–Kier alpha value is -1.13. The van der Waals surface area contributed by atoms with Crippen molar-refractivity contribution in [3.05, 3.63) is 29.6 Å². The van der Waals surface area contributed by atoms with Gasteiger partial charge in [0.2, 0.25) is 0 Å². The molecule has 0 aliphatic rings. The minimum Gasteiger partial charge on any atom is -0.505 e. The first kappa shape index (κ1) is 10.9. The summed E-state index contributed by atoms with van der Waals surface area (Å²) in [6.45, 7) is 1.80. The largest absolute Gasteiger partial charge is 0.505 e. The fourth-order valence-corrected chi connectivity index (χ4v) is 1.16. The van der Waals surface area contributed by atoms with Crippen molar-refractivity contribution in [2.75, 3.05) is 7.05 Å². The summed E-state index contributed by atoms with van der Waals surface area (Å²) in [4.78, 5) is 0. The number of rotatable bonds is 3. The van der Waals surface area contributed by atoms with Gasteiger partial charge in [0.25, 0.3) is 0 Å². The lowest BCUT2D eigenvalue weighted by Crippen LogP contribution is -2.28. The third-order valence-electron chi connectivity index (χ3n) is 2.24. The van der Waals surface area contributed by atoms with Crippen molar-refractivity contribution in [3.63, 3.8) is 0 Å². The minimum atomic E-state index is -0.758. The molecule has 1 aromatic carbocycles. The third kappa shape index (κ3) is 2.21. The van der Waals surface area contributed by atoms with E-state index < -0.39 is 17.7 Å². The smallest absolute Gasteiger partial charge is 0.164 e. The molecule has 0 aromatic heterocycles. The quantitative estimate of drug-likeness (QED) is 0.685. The van der Waals surface area contributed by atoms with E-state index >= 15 is 0 Å². The van der Waals surface area contributed by atoms with Gasteiger partial charge in [-0.05, 0) is 31.7 Å². The Kier molecular flexibility index (Phi) is 3.43. The van der Waals surface area contributed by atoms with Crippen LogP contribution in [0.5, 0.6) is 5.75 Å². The van der Waals surface area contributed by atoms with Gasteiger partial charge in [0.05, 0.1) is 6.10 Å². The predicted molar refractivity (Wildman–Crippen MR) is 51.5 cm³/mol. The zero-order valence-electron chi connectivity index (χ0n) is 8.16. The average molecular weight is 199 g/mol. The van der Waals surface area contributed by atoms with Crippen LogP contribution in [0, 0.1) is 5.82 Å². The highest BCUT2D eigenvalue weighted by Crippen LogP contribution is 2.23. The van der Waals surface area contributed by atoms with E-state index in [-0.39, 0.29) is 6.04 Å². The monoisotopic (exact) mass is 199 g/mol. The van der Waals surface area contributed by atoms with E-state index in [0.717, 1.165) is 6.07 Å². The molecule has 1 aromatic rings. The van der Waals surface area contributed by atoms with Crippen molar-refractivity contribution in [2.24, 2.45) is 0 Å². The molecule has 0 aliphatic carbocycles. The van der Waals surface area contributed by atoms with Gasteiger partial charge in [-0.15, -0.1) is 0 Å². The SMILES string of the molecule is CNC(C)C(O)c1ccc(F)c(O)c1. The lowest BCUT2D eigenvalue weighted by molar-refractivity contribution is 0.139. The number of aliphatic hydroxyl groups excluding tert-OH is 1. The molecule has 1 rings (SSSR count). The summed E-state index contributed by atoms with van der Waals surface area (Å²) in [5, 5.41) is 21.7. The lowest BCUT2D eigenvalue weighted by Gasteiger charge is -2.18. The first-order chi connectivity index (χ1) is 6.56. The van der Waals surface area contributed by atoms with Gasteiger partial charge in [-0.2, -0.15) is 0 Å². The molecule has 0 spiro atoms. The Morgan fingerprint density at radius 3 is 2.57 bits per heavy atom. The van der Waals surface area contributed by atoms with Crippen LogP contribution < -0.4 is 5.32 Å². The fraction of sp³-hybridized carbons (Fsp3) is 0.400. The second kappa shape index (κ2) is 4.39. The van der Waals surface area contributed by atoms with Crippen LogP contribution in [0.1, 0.15) is 18.6 Å². The van der Waals surface area contributed by atoms with Crippen LogP contribution >= 0.6 is 0 Å². The summed E-state index contributed by atoms with van der Waals surface area (Å²) in [6.07, 6.45) is -0.758. The highest BCUT2D eigenvalue weighted by atomic mass is 19.1. The maximum absolute atomic E-state index is 12.7. The Labute approximate surface area is 82.2 Å². The standard InChI is InChI=1S/C10H14FNO2/c1-6(12-2)10(14)7-3-4-8(11)9(13)5-7/h3-6,10,12-14H,1-2H3. The second-order valence-electron chi connectivity index (χ2n) is 3.23. The maximum atomic E-state index is 12.7. The van der Waals surface area contributed by atoms with Gasteiger partial charge in [-0.1, -0.05) is 6.07 Å². The molecule has 0 saturated carbocycles. The maximum Gasteiger partial charge on any atom is 0.164 e. The molecule has 4 heteroatoms. The van der Waals surface area contributed by atoms with Crippen LogP contribution in [0.25, 0.3) is 0 Å². The first-order valence-electron chi connectivity index (χ1n) is 4.40. The zero-order valence-corrected chi connectivity index (χ0v) is 8.16. The molecule has 0 aliphatic heterocycles. The van der Waals surface area contributed by atoms with Gasteiger partial charge in [-0.25, -0.2) is 4.39 Å². The van der Waals surface area contributed by atoms with Crippen molar-refractivity contribution >= 4 is 0 Å². The number of phenolic OH excluding ortho intramolecular Hbond substituents is 1. The number of phenols is 1. The third-order valence-corrected chi connectivity index (χ3v) is 2.24. The van der Waals surface area contributed by atoms with Gasteiger partial charge < -0.3 is 15.5 Å². The minimum absolute atomic E-state index is 0.153. The van der Waals surface area contributed by atoms with E-state index in [1.807, 2.05) is 0 Å². The summed E-state index contributed by atoms with van der Waals surface area (Å²) in [5.74, 6) is -1.12. The molecule has 3 nitrogen and oxygen atoms in total. The second-order valence-corrected chi connectivity index (χ2v) is 3.23. The summed E-state index contributed by atoms with van der Waals surface area (Å²) in [5.41, 5.74) is 0.491. The van der Waals surface area contributed by atoms with Gasteiger partial charge in [0, 0.05) is 6.04 Å². The van der Waals surface area contributed by atoms with Crippen molar-refractivity contribution < 1.29 is 14.6 Å². The topological polar surface area (TPSA) is 52.5 Å². The summed E-state index contributed by atoms with van der Waals surface area (Å²) in [6, 6.07) is 3.66. The number of hydrogen-bond donors (Lipinski definition) is 3. The molecule has 2 unspecified atom stereocenters. The molecule has 0 saturated heterocycles. The number of halogens is 1. The summed E-state index contributed by atoms with van der Waals surface area (Å²) >= 11 is 0. The van der Waals surface area contributed by atoms with E-state index in [1.165, 1.54) is 12.1 Å². The van der Waals surface area contributed by atoms with E-state index in [9.17, 15) is 9.50 Å². The zero-order chi connectivity index (χ0) is 10.7. The molecule has 2 atom stereocenters. The molecule has 78 valence electrons. The molecular formula is C10H14FNO2. The Balaban J connectivity index is 2.91. The Bertz CT molecular complexity index is 317. The average Bonchev–Trinajstić information content (AvgIpc) is 2.20. The van der Waals surface area contributed by atoms with Crippen LogP contribution in [0.3, 0.4) is 0 Å². The van der Waals surface area contributed by atoms with E-state index in [4.69, 9.17) is 5.11 Å². The predicted octanol–water partition coefficient (Wildman–Crippen LogP) is 1.17. The van der Waals surface area contributed by atoms with Crippen molar-refractivity contribution in [2.45, 2.75) is 19.1 Å². The molecule has 0 fully saturated rings. The number of aromatic hydroxyl groups is 1. The summed E-state index contributed by atoms with van der Waals surface area (Å²) < 4.78 is 12.7. The van der Waals surface area contributed by atoms with Crippen molar-refractivity contribution in [1.82, 2.24) is 5.32 Å². The number of nitrogens with one attached hydrogen (secondary N) is 1. The van der Waals surface area contributed by atoms with Gasteiger partial charge in [-0.3, -0.25) is 0 Å². The normalized spacial score (nSPS) is 15.1. The molecule has 0 amide bonds. The highest BCUT2D eigenvalue weighted by Gasteiger charge is 2.15. The van der Waals surface area contributed by atoms with Crippen molar-refractivity contribution in [3.8, 4) is 5.75 Å². The number of likely N-dealkylation sites (N-methyl/N-ethyl adjacent to an activating group) is 1. The van der Waals surface area contributed by atoms with Crippen LogP contribution in [0.4, 0.5) is 4.39 Å². The molecule has 14 heavy (non-hydrogen) atoms. The molecule has 3 N–H and O–H groups in total. The van der Waals surface area contributed by atoms with Crippen LogP contribution in [0.15, 0.2) is 18.2 Å². The molecular weight excluding hydrogens is 185 g/mol. The Morgan fingerprint density at radius 2 is 2.07 bits per heavy atom. The van der Waals surface area contributed by atoms with E-state index in [1.54, 1.807) is 14.0 Å². The first-order valence-corrected chi connectivity index (χ1v) is 4.40. The van der Waals surface area contributed by atoms with E-state index in [2.05, 4.69) is 5.32 Å². The van der Waals surface area contributed by atoms with Crippen LogP contribution in [0.2, 0.25) is 0 Å².